The third-order valence-electron chi connectivity index (χ3n) is 6.65. The summed E-state index contributed by atoms with van der Waals surface area (Å²) in [6.45, 7) is 5.13. The molecule has 5 rings (SSSR count). The number of amides is 3. The van der Waals surface area contributed by atoms with Gasteiger partial charge in [-0.25, -0.2) is 9.97 Å². The molecular formula is C29H36N6O5. The minimum absolute atomic E-state index is 0.117. The van der Waals surface area contributed by atoms with Gasteiger partial charge < -0.3 is 24.6 Å². The minimum Gasteiger partial charge on any atom is -0.493 e. The highest BCUT2D eigenvalue weighted by molar-refractivity contribution is 6.08. The van der Waals surface area contributed by atoms with Crippen LogP contribution in [0, 0.1) is 0 Å². The van der Waals surface area contributed by atoms with Gasteiger partial charge in [0.1, 0.15) is 18.0 Å². The number of fused-ring (bicyclic) bond motifs is 2. The highest BCUT2D eigenvalue weighted by Crippen LogP contribution is 2.39. The first kappa shape index (κ1) is 28.9. The number of aromatic nitrogens is 2. The van der Waals surface area contributed by atoms with E-state index in [0.717, 1.165) is 62.4 Å². The summed E-state index contributed by atoms with van der Waals surface area (Å²) in [6.07, 6.45) is 3.15. The zero-order valence-corrected chi connectivity index (χ0v) is 23.4. The maximum Gasteiger partial charge on any atom is 0.253 e. The smallest absolute Gasteiger partial charge is 0.253 e. The van der Waals surface area contributed by atoms with E-state index in [9.17, 15) is 14.4 Å². The number of hydrogen-bond acceptors (Lipinski definition) is 8. The molecule has 11 nitrogen and oxygen atoms in total. The molecule has 1 saturated heterocycles. The monoisotopic (exact) mass is 548 g/mol. The minimum atomic E-state index is -0.620. The number of nitrogens with zero attached hydrogens (tertiary/aromatic N) is 5. The number of hydrogen-bond donors (Lipinski definition) is 1. The Labute approximate surface area is 234 Å². The summed E-state index contributed by atoms with van der Waals surface area (Å²) >= 11 is 0. The summed E-state index contributed by atoms with van der Waals surface area (Å²) in [5.74, 6) is -0.170. The first-order chi connectivity index (χ1) is 19.3. The fourth-order valence-electron chi connectivity index (χ4n) is 4.60. The van der Waals surface area contributed by atoms with Gasteiger partial charge in [0.2, 0.25) is 12.3 Å². The van der Waals surface area contributed by atoms with E-state index in [-0.39, 0.29) is 11.8 Å². The molecule has 3 aromatic rings. The lowest BCUT2D eigenvalue weighted by molar-refractivity contribution is -0.116. The van der Waals surface area contributed by atoms with Gasteiger partial charge in [-0.1, -0.05) is 0 Å². The lowest BCUT2D eigenvalue weighted by atomic mass is 9.92. The summed E-state index contributed by atoms with van der Waals surface area (Å²) in [7, 11) is 6.79. The lowest BCUT2D eigenvalue weighted by Crippen LogP contribution is -2.37. The highest BCUT2D eigenvalue weighted by Gasteiger charge is 2.35. The van der Waals surface area contributed by atoms with Crippen LogP contribution < -0.4 is 10.1 Å². The molecule has 2 aliphatic rings. The summed E-state index contributed by atoms with van der Waals surface area (Å²) in [4.78, 5) is 49.1. The van der Waals surface area contributed by atoms with Crippen LogP contribution in [0.5, 0.6) is 5.75 Å². The van der Waals surface area contributed by atoms with Crippen molar-refractivity contribution < 1.29 is 23.9 Å². The first-order valence-corrected chi connectivity index (χ1v) is 13.2. The van der Waals surface area contributed by atoms with Gasteiger partial charge in [0.05, 0.1) is 31.0 Å². The van der Waals surface area contributed by atoms with Crippen molar-refractivity contribution in [1.82, 2.24) is 24.7 Å². The van der Waals surface area contributed by atoms with E-state index >= 15 is 0 Å². The molecule has 11 heteroatoms. The molecule has 0 spiro atoms. The largest absolute Gasteiger partial charge is 0.493 e. The first-order valence-electron chi connectivity index (χ1n) is 13.2. The average Bonchev–Trinajstić information content (AvgIpc) is 3.29. The van der Waals surface area contributed by atoms with Crippen molar-refractivity contribution in [2.75, 3.05) is 73.0 Å². The highest BCUT2D eigenvalue weighted by atomic mass is 16.5. The molecule has 0 saturated carbocycles. The van der Waals surface area contributed by atoms with Gasteiger partial charge in [0.15, 0.2) is 0 Å². The Morgan fingerprint density at radius 1 is 1.12 bits per heavy atom. The van der Waals surface area contributed by atoms with E-state index < -0.39 is 5.92 Å². The van der Waals surface area contributed by atoms with E-state index in [1.807, 2.05) is 18.2 Å². The summed E-state index contributed by atoms with van der Waals surface area (Å²) in [5, 5.41) is 3.70. The Bertz CT molecular complexity index is 1360. The topological polar surface area (TPSA) is 117 Å². The van der Waals surface area contributed by atoms with Gasteiger partial charge in [0.25, 0.3) is 5.91 Å². The molecule has 212 valence electrons. The maximum absolute atomic E-state index is 13.0. The molecule has 1 fully saturated rings. The Hall–Kier alpha value is -4.09. The number of carbonyl (C=O) groups is 3. The SMILES string of the molecule is CN(C)C(=O)c1ccc2c(c1)C(c1ncnc3cc(OCCCN4CCOCC4)ccc13)C(=O)N2.CN(C)C=O. The molecule has 1 unspecified atom stereocenters. The number of rotatable bonds is 8. The van der Waals surface area contributed by atoms with E-state index in [1.165, 1.54) is 16.1 Å². The van der Waals surface area contributed by atoms with Crippen molar-refractivity contribution in [3.63, 3.8) is 0 Å². The molecule has 1 N–H and O–H groups in total. The van der Waals surface area contributed by atoms with E-state index in [0.29, 0.717) is 29.1 Å². The number of nitrogens with one attached hydrogen (secondary N) is 1. The summed E-state index contributed by atoms with van der Waals surface area (Å²) in [6, 6.07) is 11.0. The number of ether oxygens (including phenoxy) is 2. The summed E-state index contributed by atoms with van der Waals surface area (Å²) < 4.78 is 11.4. The Kier molecular flexibility index (Phi) is 9.62. The van der Waals surface area contributed by atoms with Crippen LogP contribution in [0.2, 0.25) is 0 Å². The third-order valence-corrected chi connectivity index (χ3v) is 6.65. The molecule has 0 bridgehead atoms. The molecule has 0 radical (unpaired) electrons. The van der Waals surface area contributed by atoms with Crippen molar-refractivity contribution in [3.8, 4) is 5.75 Å². The predicted molar refractivity (Wildman–Crippen MR) is 152 cm³/mol. The van der Waals surface area contributed by atoms with Crippen LogP contribution in [0.4, 0.5) is 5.69 Å². The predicted octanol–water partition coefficient (Wildman–Crippen LogP) is 2.22. The zero-order chi connectivity index (χ0) is 28.6. The normalized spacial score (nSPS) is 16.4. The van der Waals surface area contributed by atoms with Crippen LogP contribution in [-0.4, -0.2) is 111 Å². The average molecular weight is 549 g/mol. The fourth-order valence-corrected chi connectivity index (χ4v) is 4.60. The van der Waals surface area contributed by atoms with Gasteiger partial charge in [-0.15, -0.1) is 0 Å². The van der Waals surface area contributed by atoms with Crippen molar-refractivity contribution >= 4 is 34.8 Å². The van der Waals surface area contributed by atoms with Crippen molar-refractivity contribution in [3.05, 3.63) is 59.5 Å². The van der Waals surface area contributed by atoms with Gasteiger partial charge in [-0.3, -0.25) is 19.3 Å². The van der Waals surface area contributed by atoms with Gasteiger partial charge in [-0.2, -0.15) is 0 Å². The van der Waals surface area contributed by atoms with Gasteiger partial charge >= 0.3 is 0 Å². The maximum atomic E-state index is 13.0. The van der Waals surface area contributed by atoms with E-state index in [2.05, 4.69) is 20.2 Å². The molecule has 0 aliphatic carbocycles. The van der Waals surface area contributed by atoms with E-state index in [1.54, 1.807) is 46.4 Å². The molecule has 1 aromatic heterocycles. The van der Waals surface area contributed by atoms with Gasteiger partial charge in [-0.05, 0) is 42.3 Å². The van der Waals surface area contributed by atoms with Crippen LogP contribution in [0.1, 0.15) is 34.0 Å². The second-order valence-electron chi connectivity index (χ2n) is 10.1. The number of anilines is 1. The molecule has 2 aromatic carbocycles. The Morgan fingerprint density at radius 2 is 1.88 bits per heavy atom. The Balaban J connectivity index is 0.000000681. The van der Waals surface area contributed by atoms with Crippen LogP contribution >= 0.6 is 0 Å². The molecule has 2 aliphatic heterocycles. The van der Waals surface area contributed by atoms with Crippen molar-refractivity contribution in [2.45, 2.75) is 12.3 Å². The third kappa shape index (κ3) is 6.91. The molecule has 40 heavy (non-hydrogen) atoms. The fraction of sp³-hybridized carbons (Fsp3) is 0.414. The van der Waals surface area contributed by atoms with E-state index in [4.69, 9.17) is 9.47 Å². The second kappa shape index (κ2) is 13.3. The number of morpholine rings is 1. The molecule has 3 heterocycles. The Morgan fingerprint density at radius 3 is 2.58 bits per heavy atom. The second-order valence-corrected chi connectivity index (χ2v) is 10.1. The quantitative estimate of drug-likeness (QED) is 0.337. The molecule has 3 amide bonds. The zero-order valence-electron chi connectivity index (χ0n) is 23.4. The summed E-state index contributed by atoms with van der Waals surface area (Å²) in [5.41, 5.74) is 3.29. The number of benzene rings is 2. The molecule has 1 atom stereocenters. The van der Waals surface area contributed by atoms with Crippen LogP contribution in [0.15, 0.2) is 42.7 Å². The van der Waals surface area contributed by atoms with Crippen molar-refractivity contribution in [2.24, 2.45) is 0 Å². The molecular weight excluding hydrogens is 512 g/mol. The van der Waals surface area contributed by atoms with Crippen LogP contribution in [0.25, 0.3) is 10.9 Å². The lowest BCUT2D eigenvalue weighted by Gasteiger charge is -2.26. The van der Waals surface area contributed by atoms with Crippen molar-refractivity contribution in [1.29, 1.82) is 0 Å². The van der Waals surface area contributed by atoms with Crippen LogP contribution in [-0.2, 0) is 14.3 Å². The standard InChI is InChI=1S/C26H29N5O4.C3H7NO/c1-30(2)26(33)17-4-7-21-20(14-17)23(25(32)29-21)24-19-6-5-18(15-22(19)27-16-28-24)35-11-3-8-31-9-12-34-13-10-31;1-4(2)3-5/h4-7,14-16,23H,3,8-13H2,1-2H3,(H,29,32);3H,1-2H3. The van der Waals surface area contributed by atoms with Crippen LogP contribution in [0.3, 0.4) is 0 Å². The van der Waals surface area contributed by atoms with Gasteiger partial charge in [0, 0.05) is 70.5 Å². The number of carbonyl (C=O) groups excluding carboxylic acids is 3.